The Hall–Kier alpha value is -0.340. The normalized spacial score (nSPS) is 31.9. The Morgan fingerprint density at radius 3 is 2.61 bits per heavy atom. The highest BCUT2D eigenvalue weighted by Gasteiger charge is 2.30. The Morgan fingerprint density at radius 1 is 1.44 bits per heavy atom. The number of rotatable bonds is 2. The fourth-order valence-electron chi connectivity index (χ4n) is 2.53. The summed E-state index contributed by atoms with van der Waals surface area (Å²) in [4.78, 5) is 10.1. The van der Waals surface area contributed by atoms with Crippen LogP contribution in [0.2, 0.25) is 0 Å². The molecule has 0 bridgehead atoms. The summed E-state index contributed by atoms with van der Waals surface area (Å²) in [7, 11) is 1.77. The maximum absolute atomic E-state index is 10.1. The molecule has 0 heterocycles. The second-order valence-electron chi connectivity index (χ2n) is 5.49. The third-order valence-corrected chi connectivity index (χ3v) is 4.22. The molecule has 0 aliphatic heterocycles. The van der Waals surface area contributed by atoms with E-state index in [0.717, 1.165) is 44.0 Å². The lowest BCUT2D eigenvalue weighted by Gasteiger charge is -2.34. The minimum absolute atomic E-state index is 0.0602. The highest BCUT2D eigenvalue weighted by molar-refractivity contribution is 6.20. The van der Waals surface area contributed by atoms with Gasteiger partial charge in [0.25, 0.3) is 0 Å². The van der Waals surface area contributed by atoms with Crippen molar-refractivity contribution in [1.29, 1.82) is 0 Å². The van der Waals surface area contributed by atoms with Gasteiger partial charge in [-0.3, -0.25) is 4.79 Å². The highest BCUT2D eigenvalue weighted by atomic mass is 35.5. The first kappa shape index (κ1) is 15.7. The van der Waals surface area contributed by atoms with Crippen LogP contribution in [-0.2, 0) is 9.53 Å². The number of ether oxygens (including phenoxy) is 1. The summed E-state index contributed by atoms with van der Waals surface area (Å²) >= 11 is 6.00. The van der Waals surface area contributed by atoms with Crippen molar-refractivity contribution in [2.24, 2.45) is 0 Å². The molecule has 1 saturated carbocycles. The number of hydrogen-bond donors (Lipinski definition) is 0. The Morgan fingerprint density at radius 2 is 2.22 bits per heavy atom. The van der Waals surface area contributed by atoms with Gasteiger partial charge in [-0.05, 0) is 63.9 Å². The number of methoxy groups -OCH3 is 1. The van der Waals surface area contributed by atoms with E-state index in [2.05, 4.69) is 6.92 Å². The Balaban J connectivity index is 0.000000184. The summed E-state index contributed by atoms with van der Waals surface area (Å²) in [5, 5.41) is 0.332. The minimum Gasteiger partial charge on any atom is -0.378 e. The third-order valence-electron chi connectivity index (χ3n) is 3.85. The van der Waals surface area contributed by atoms with E-state index in [1.54, 1.807) is 7.11 Å². The van der Waals surface area contributed by atoms with Gasteiger partial charge in [-0.15, -0.1) is 11.6 Å². The molecule has 0 saturated heterocycles. The van der Waals surface area contributed by atoms with E-state index in [-0.39, 0.29) is 5.60 Å². The van der Waals surface area contributed by atoms with Gasteiger partial charge in [0.15, 0.2) is 0 Å². The number of halogens is 1. The molecule has 2 nitrogen and oxygen atoms in total. The van der Waals surface area contributed by atoms with Gasteiger partial charge in [-0.25, -0.2) is 0 Å². The van der Waals surface area contributed by atoms with Crippen molar-refractivity contribution in [3.8, 4) is 0 Å². The number of aldehydes is 1. The van der Waals surface area contributed by atoms with Crippen molar-refractivity contribution < 1.29 is 9.53 Å². The van der Waals surface area contributed by atoms with Crippen LogP contribution in [0.3, 0.4) is 0 Å². The van der Waals surface area contributed by atoms with Gasteiger partial charge in [-0.2, -0.15) is 0 Å². The first-order chi connectivity index (χ1) is 8.59. The molecule has 0 radical (unpaired) electrons. The molecule has 104 valence electrons. The lowest BCUT2D eigenvalue weighted by Crippen LogP contribution is -2.34. The van der Waals surface area contributed by atoms with Crippen LogP contribution in [0.4, 0.5) is 0 Å². The SMILES string of the molecule is COC1(C)CCCC(Cl)C1.O=CC1=CCCCC1. The predicted molar refractivity (Wildman–Crippen MR) is 76.1 cm³/mol. The van der Waals surface area contributed by atoms with Crippen molar-refractivity contribution in [3.05, 3.63) is 11.6 Å². The van der Waals surface area contributed by atoms with Gasteiger partial charge in [0.2, 0.25) is 0 Å². The molecule has 18 heavy (non-hydrogen) atoms. The van der Waals surface area contributed by atoms with Crippen molar-refractivity contribution in [3.63, 3.8) is 0 Å². The minimum atomic E-state index is 0.0602. The lowest BCUT2D eigenvalue weighted by atomic mass is 9.86. The average molecular weight is 273 g/mol. The van der Waals surface area contributed by atoms with Crippen molar-refractivity contribution >= 4 is 17.9 Å². The van der Waals surface area contributed by atoms with E-state index in [4.69, 9.17) is 16.3 Å². The molecule has 3 heteroatoms. The number of allylic oxidation sites excluding steroid dienone is 2. The fraction of sp³-hybridized carbons (Fsp3) is 0.800. The fourth-order valence-corrected chi connectivity index (χ4v) is 3.01. The average Bonchev–Trinajstić information content (AvgIpc) is 2.40. The van der Waals surface area contributed by atoms with Crippen LogP contribution in [0.25, 0.3) is 0 Å². The maximum atomic E-state index is 10.1. The van der Waals surface area contributed by atoms with E-state index < -0.39 is 0 Å². The first-order valence-electron chi connectivity index (χ1n) is 6.93. The zero-order chi connectivity index (χ0) is 13.4. The molecule has 2 rings (SSSR count). The van der Waals surface area contributed by atoms with Crippen LogP contribution in [0.5, 0.6) is 0 Å². The van der Waals surface area contributed by atoms with Gasteiger partial charge in [-0.1, -0.05) is 6.08 Å². The standard InChI is InChI=1S/C8H15ClO.C7H10O/c1-8(10-2)5-3-4-7(9)6-8;8-6-7-4-2-1-3-5-7/h7H,3-6H2,1-2H3;4,6H,1-3,5H2. The Labute approximate surface area is 116 Å². The predicted octanol–water partition coefficient (Wildman–Crippen LogP) is 4.26. The third kappa shape index (κ3) is 5.53. The smallest absolute Gasteiger partial charge is 0.145 e. The monoisotopic (exact) mass is 272 g/mol. The van der Waals surface area contributed by atoms with Crippen molar-refractivity contribution in [1.82, 2.24) is 0 Å². The molecule has 2 unspecified atom stereocenters. The lowest BCUT2D eigenvalue weighted by molar-refractivity contribution is -0.105. The highest BCUT2D eigenvalue weighted by Crippen LogP contribution is 2.33. The first-order valence-corrected chi connectivity index (χ1v) is 7.37. The molecule has 2 aliphatic carbocycles. The van der Waals surface area contributed by atoms with Crippen LogP contribution in [0.1, 0.15) is 58.3 Å². The molecular weight excluding hydrogens is 248 g/mol. The molecule has 0 aromatic carbocycles. The molecular formula is C15H25ClO2. The molecule has 0 spiro atoms. The van der Waals surface area contributed by atoms with Crippen molar-refractivity contribution in [2.75, 3.05) is 7.11 Å². The Bertz CT molecular complexity index is 288. The Kier molecular flexibility index (Phi) is 6.95. The van der Waals surface area contributed by atoms with Gasteiger partial charge in [0.1, 0.15) is 6.29 Å². The quantitative estimate of drug-likeness (QED) is 0.555. The largest absolute Gasteiger partial charge is 0.378 e. The summed E-state index contributed by atoms with van der Waals surface area (Å²) in [5.41, 5.74) is 1.06. The van der Waals surface area contributed by atoms with Crippen LogP contribution >= 0.6 is 11.6 Å². The van der Waals surface area contributed by atoms with Crippen LogP contribution in [-0.4, -0.2) is 24.4 Å². The second-order valence-corrected chi connectivity index (χ2v) is 6.11. The molecule has 1 fully saturated rings. The van der Waals surface area contributed by atoms with Gasteiger partial charge >= 0.3 is 0 Å². The van der Waals surface area contributed by atoms with Gasteiger partial charge in [0.05, 0.1) is 5.60 Å². The summed E-state index contributed by atoms with van der Waals surface area (Å²) in [6.07, 6.45) is 12.1. The topological polar surface area (TPSA) is 26.3 Å². The maximum Gasteiger partial charge on any atom is 0.145 e. The van der Waals surface area contributed by atoms with E-state index in [1.807, 2.05) is 6.08 Å². The molecule has 0 N–H and O–H groups in total. The van der Waals surface area contributed by atoms with E-state index in [1.165, 1.54) is 19.3 Å². The summed E-state index contributed by atoms with van der Waals surface area (Å²) < 4.78 is 5.36. The van der Waals surface area contributed by atoms with Gasteiger partial charge < -0.3 is 4.74 Å². The van der Waals surface area contributed by atoms with Crippen LogP contribution in [0, 0.1) is 0 Å². The van der Waals surface area contributed by atoms with E-state index >= 15 is 0 Å². The summed E-state index contributed by atoms with van der Waals surface area (Å²) in [5.74, 6) is 0. The zero-order valence-corrected chi connectivity index (χ0v) is 12.3. The van der Waals surface area contributed by atoms with Crippen LogP contribution in [0.15, 0.2) is 11.6 Å². The molecule has 0 aromatic rings. The number of alkyl halides is 1. The summed E-state index contributed by atoms with van der Waals surface area (Å²) in [6, 6.07) is 0. The van der Waals surface area contributed by atoms with Crippen molar-refractivity contribution in [2.45, 2.75) is 69.3 Å². The van der Waals surface area contributed by atoms with E-state index in [0.29, 0.717) is 5.38 Å². The molecule has 0 aromatic heterocycles. The second kappa shape index (κ2) is 7.96. The zero-order valence-electron chi connectivity index (χ0n) is 11.6. The number of hydrogen-bond acceptors (Lipinski definition) is 2. The number of carbonyl (C=O) groups is 1. The van der Waals surface area contributed by atoms with Gasteiger partial charge in [0, 0.05) is 12.5 Å². The summed E-state index contributed by atoms with van der Waals surface area (Å²) in [6.45, 7) is 2.14. The van der Waals surface area contributed by atoms with Crippen LogP contribution < -0.4 is 0 Å². The molecule has 0 amide bonds. The molecule has 2 atom stereocenters. The van der Waals surface area contributed by atoms with E-state index in [9.17, 15) is 4.79 Å². The molecule has 2 aliphatic rings. The number of carbonyl (C=O) groups excluding carboxylic acids is 1.